The molecule has 0 radical (unpaired) electrons. The first-order valence-electron chi connectivity index (χ1n) is 11.3. The molecule has 8 nitrogen and oxygen atoms in total. The van der Waals surface area contributed by atoms with Crippen LogP contribution in [0.2, 0.25) is 0 Å². The van der Waals surface area contributed by atoms with Crippen molar-refractivity contribution in [2.45, 2.75) is 38.6 Å². The van der Waals surface area contributed by atoms with Crippen LogP contribution in [-0.4, -0.2) is 37.2 Å². The van der Waals surface area contributed by atoms with Gasteiger partial charge in [-0.2, -0.15) is 10.1 Å². The average molecular weight is 458 g/mol. The smallest absolute Gasteiger partial charge is 0.235 e. The molecule has 1 N–H and O–H groups in total. The standard InChI is InChI=1S/C25H23FN6O2/c1-25(2)18-20(30-24(25)33)28-21(29-23(18)34-13-14-9-10-14)19-16-7-5-11-27-22(16)32(31-19)12-15-6-3-4-8-17(15)26/h3-8,11,14H,9-10,12-13H2,1-2H3,(H,28,29,30,33). The van der Waals surface area contributed by atoms with Crippen molar-refractivity contribution in [1.82, 2.24) is 24.7 Å². The molecule has 4 heterocycles. The van der Waals surface area contributed by atoms with Crippen LogP contribution in [0.4, 0.5) is 10.2 Å². The number of nitrogens with zero attached hydrogens (tertiary/aromatic N) is 5. The summed E-state index contributed by atoms with van der Waals surface area (Å²) in [5, 5.41) is 8.33. The molecular formula is C25H23FN6O2. The molecule has 0 unspecified atom stereocenters. The van der Waals surface area contributed by atoms with Gasteiger partial charge in [0.2, 0.25) is 11.8 Å². The number of carbonyl (C=O) groups excluding carboxylic acids is 1. The topological polar surface area (TPSA) is 94.8 Å². The molecule has 34 heavy (non-hydrogen) atoms. The van der Waals surface area contributed by atoms with Gasteiger partial charge < -0.3 is 10.1 Å². The summed E-state index contributed by atoms with van der Waals surface area (Å²) in [6.07, 6.45) is 3.94. The molecular weight excluding hydrogens is 435 g/mol. The average Bonchev–Trinajstić information content (AvgIpc) is 3.54. The van der Waals surface area contributed by atoms with Gasteiger partial charge in [-0.3, -0.25) is 4.79 Å². The van der Waals surface area contributed by atoms with Crippen LogP contribution in [-0.2, 0) is 16.8 Å². The predicted molar refractivity (Wildman–Crippen MR) is 124 cm³/mol. The normalized spacial score (nSPS) is 16.5. The fourth-order valence-electron chi connectivity index (χ4n) is 4.24. The molecule has 1 aromatic carbocycles. The van der Waals surface area contributed by atoms with E-state index in [0.29, 0.717) is 52.5 Å². The molecule has 0 saturated heterocycles. The van der Waals surface area contributed by atoms with E-state index in [1.165, 1.54) is 6.07 Å². The fraction of sp³-hybridized carbons (Fsp3) is 0.320. The molecule has 1 aliphatic carbocycles. The molecule has 3 aromatic heterocycles. The summed E-state index contributed by atoms with van der Waals surface area (Å²) in [7, 11) is 0. The Labute approximate surface area is 195 Å². The number of nitrogens with one attached hydrogen (secondary N) is 1. The zero-order chi connectivity index (χ0) is 23.4. The molecule has 0 bridgehead atoms. The van der Waals surface area contributed by atoms with Crippen molar-refractivity contribution in [3.63, 3.8) is 0 Å². The van der Waals surface area contributed by atoms with Gasteiger partial charge in [0, 0.05) is 11.8 Å². The first kappa shape index (κ1) is 20.7. The first-order chi connectivity index (χ1) is 16.4. The molecule has 1 saturated carbocycles. The summed E-state index contributed by atoms with van der Waals surface area (Å²) < 4.78 is 22.1. The van der Waals surface area contributed by atoms with E-state index in [0.717, 1.165) is 18.2 Å². The first-order valence-corrected chi connectivity index (χ1v) is 11.3. The van der Waals surface area contributed by atoms with Crippen LogP contribution in [0.25, 0.3) is 22.6 Å². The van der Waals surface area contributed by atoms with Crippen molar-refractivity contribution >= 4 is 22.8 Å². The van der Waals surface area contributed by atoms with E-state index >= 15 is 0 Å². The van der Waals surface area contributed by atoms with Crippen molar-refractivity contribution < 1.29 is 13.9 Å². The second-order valence-electron chi connectivity index (χ2n) is 9.38. The second kappa shape index (κ2) is 7.58. The predicted octanol–water partition coefficient (Wildman–Crippen LogP) is 4.09. The number of benzene rings is 1. The van der Waals surface area contributed by atoms with Crippen LogP contribution >= 0.6 is 0 Å². The maximum absolute atomic E-state index is 14.3. The number of anilines is 1. The molecule has 0 atom stereocenters. The highest BCUT2D eigenvalue weighted by atomic mass is 19.1. The number of carbonyl (C=O) groups is 1. The third-order valence-electron chi connectivity index (χ3n) is 6.45. The number of ether oxygens (including phenoxy) is 1. The Bertz CT molecular complexity index is 1440. The maximum Gasteiger partial charge on any atom is 0.235 e. The highest BCUT2D eigenvalue weighted by Gasteiger charge is 2.44. The number of rotatable bonds is 6. The van der Waals surface area contributed by atoms with Gasteiger partial charge in [0.1, 0.15) is 17.3 Å². The molecule has 172 valence electrons. The molecule has 9 heteroatoms. The third-order valence-corrected chi connectivity index (χ3v) is 6.45. The Kier molecular flexibility index (Phi) is 4.62. The summed E-state index contributed by atoms with van der Waals surface area (Å²) in [5.41, 5.74) is 1.45. The van der Waals surface area contributed by atoms with Gasteiger partial charge >= 0.3 is 0 Å². The van der Waals surface area contributed by atoms with E-state index < -0.39 is 5.41 Å². The van der Waals surface area contributed by atoms with Crippen LogP contribution in [0.1, 0.15) is 37.8 Å². The van der Waals surface area contributed by atoms with Crippen molar-refractivity contribution in [2.24, 2.45) is 5.92 Å². The van der Waals surface area contributed by atoms with Crippen LogP contribution in [0.15, 0.2) is 42.6 Å². The number of halogens is 1. The Morgan fingerprint density at radius 3 is 2.79 bits per heavy atom. The SMILES string of the molecule is CC1(C)C(=O)Nc2nc(-c3nn(Cc4ccccc4F)c4ncccc34)nc(OCC3CC3)c21. The van der Waals surface area contributed by atoms with Crippen LogP contribution in [0.3, 0.4) is 0 Å². The lowest BCUT2D eigenvalue weighted by molar-refractivity contribution is -0.119. The van der Waals surface area contributed by atoms with Gasteiger partial charge in [-0.25, -0.2) is 19.0 Å². The van der Waals surface area contributed by atoms with Crippen molar-refractivity contribution in [3.8, 4) is 17.4 Å². The fourth-order valence-corrected chi connectivity index (χ4v) is 4.24. The van der Waals surface area contributed by atoms with E-state index in [1.807, 2.05) is 26.0 Å². The zero-order valence-corrected chi connectivity index (χ0v) is 18.9. The quantitative estimate of drug-likeness (QED) is 0.468. The van der Waals surface area contributed by atoms with Crippen molar-refractivity contribution in [3.05, 3.63) is 59.5 Å². The van der Waals surface area contributed by atoms with Crippen molar-refractivity contribution in [2.75, 3.05) is 11.9 Å². The molecule has 1 fully saturated rings. The molecule has 1 amide bonds. The van der Waals surface area contributed by atoms with Crippen molar-refractivity contribution in [1.29, 1.82) is 0 Å². The van der Waals surface area contributed by atoms with Crippen LogP contribution in [0.5, 0.6) is 5.88 Å². The number of aromatic nitrogens is 5. The maximum atomic E-state index is 14.3. The largest absolute Gasteiger partial charge is 0.477 e. The molecule has 2 aliphatic rings. The number of pyridine rings is 1. The Balaban J connectivity index is 1.48. The second-order valence-corrected chi connectivity index (χ2v) is 9.38. The van der Waals surface area contributed by atoms with Gasteiger partial charge in [0.05, 0.1) is 29.5 Å². The summed E-state index contributed by atoms with van der Waals surface area (Å²) in [5.74, 6) is 1.22. The lowest BCUT2D eigenvalue weighted by atomic mass is 9.87. The number of amides is 1. The minimum absolute atomic E-state index is 0.151. The molecule has 4 aromatic rings. The van der Waals surface area contributed by atoms with E-state index in [-0.39, 0.29) is 18.3 Å². The number of hydrogen-bond donors (Lipinski definition) is 1. The molecule has 6 rings (SSSR count). The lowest BCUT2D eigenvalue weighted by Crippen LogP contribution is -2.27. The Morgan fingerprint density at radius 1 is 1.18 bits per heavy atom. The highest BCUT2D eigenvalue weighted by Crippen LogP contribution is 2.43. The lowest BCUT2D eigenvalue weighted by Gasteiger charge is -2.18. The number of fused-ring (bicyclic) bond motifs is 2. The van der Waals surface area contributed by atoms with Gasteiger partial charge in [0.25, 0.3) is 0 Å². The molecule has 1 aliphatic heterocycles. The van der Waals surface area contributed by atoms with E-state index in [2.05, 4.69) is 15.3 Å². The Morgan fingerprint density at radius 2 is 2.00 bits per heavy atom. The monoisotopic (exact) mass is 458 g/mol. The zero-order valence-electron chi connectivity index (χ0n) is 18.9. The summed E-state index contributed by atoms with van der Waals surface area (Å²) in [6.45, 7) is 4.43. The Hall–Kier alpha value is -3.88. The number of hydrogen-bond acceptors (Lipinski definition) is 6. The summed E-state index contributed by atoms with van der Waals surface area (Å²) in [4.78, 5) is 26.5. The minimum Gasteiger partial charge on any atom is -0.477 e. The van der Waals surface area contributed by atoms with Gasteiger partial charge in [-0.05, 0) is 50.8 Å². The third kappa shape index (κ3) is 3.39. The highest BCUT2D eigenvalue weighted by molar-refractivity contribution is 6.05. The van der Waals surface area contributed by atoms with E-state index in [1.54, 1.807) is 29.1 Å². The van der Waals surface area contributed by atoms with E-state index in [4.69, 9.17) is 14.8 Å². The van der Waals surface area contributed by atoms with E-state index in [9.17, 15) is 9.18 Å². The van der Waals surface area contributed by atoms with Gasteiger partial charge in [-0.1, -0.05) is 18.2 Å². The summed E-state index contributed by atoms with van der Waals surface area (Å²) >= 11 is 0. The molecule has 0 spiro atoms. The van der Waals surface area contributed by atoms with Gasteiger partial charge in [0.15, 0.2) is 11.5 Å². The van der Waals surface area contributed by atoms with Gasteiger partial charge in [-0.15, -0.1) is 0 Å². The summed E-state index contributed by atoms with van der Waals surface area (Å²) in [6, 6.07) is 10.3. The minimum atomic E-state index is -0.805. The van der Waals surface area contributed by atoms with Crippen LogP contribution < -0.4 is 10.1 Å². The van der Waals surface area contributed by atoms with Crippen LogP contribution in [0, 0.1) is 11.7 Å².